The van der Waals surface area contributed by atoms with E-state index in [1.165, 1.54) is 4.31 Å². The first kappa shape index (κ1) is 18.1. The van der Waals surface area contributed by atoms with Crippen LogP contribution in [0, 0.1) is 0 Å². The molecule has 1 aromatic carbocycles. The number of rotatable bonds is 8. The fourth-order valence-corrected chi connectivity index (χ4v) is 4.15. The van der Waals surface area contributed by atoms with Gasteiger partial charge < -0.3 is 10.5 Å². The molecule has 1 unspecified atom stereocenters. The standard InChI is InChI=1S/C15H26N2O3S/c1-5-13-7-8-15(9-14(13)10-16)21(18,19)17(6-2)12(3)11-20-4/h7-9,12H,5-6,10-11,16H2,1-4H3. The molecule has 1 aromatic rings. The lowest BCUT2D eigenvalue weighted by Crippen LogP contribution is -2.40. The lowest BCUT2D eigenvalue weighted by molar-refractivity contribution is 0.142. The average Bonchev–Trinajstić information content (AvgIpc) is 2.47. The van der Waals surface area contributed by atoms with Crippen molar-refractivity contribution in [3.63, 3.8) is 0 Å². The summed E-state index contributed by atoms with van der Waals surface area (Å²) in [5.41, 5.74) is 7.70. The molecule has 0 saturated heterocycles. The normalized spacial score (nSPS) is 13.6. The Morgan fingerprint density at radius 2 is 1.95 bits per heavy atom. The van der Waals surface area contributed by atoms with Crippen molar-refractivity contribution in [3.8, 4) is 0 Å². The van der Waals surface area contributed by atoms with Gasteiger partial charge in [0.15, 0.2) is 0 Å². The van der Waals surface area contributed by atoms with Crippen LogP contribution >= 0.6 is 0 Å². The molecule has 6 heteroatoms. The van der Waals surface area contributed by atoms with Gasteiger partial charge in [-0.2, -0.15) is 4.31 Å². The van der Waals surface area contributed by atoms with Gasteiger partial charge in [0.1, 0.15) is 0 Å². The van der Waals surface area contributed by atoms with E-state index in [0.717, 1.165) is 17.5 Å². The van der Waals surface area contributed by atoms with Crippen LogP contribution in [-0.4, -0.2) is 39.0 Å². The van der Waals surface area contributed by atoms with E-state index in [1.54, 1.807) is 19.2 Å². The number of sulfonamides is 1. The zero-order valence-corrected chi connectivity index (χ0v) is 14.1. The fraction of sp³-hybridized carbons (Fsp3) is 0.600. The van der Waals surface area contributed by atoms with Crippen molar-refractivity contribution < 1.29 is 13.2 Å². The van der Waals surface area contributed by atoms with Gasteiger partial charge in [0, 0.05) is 26.2 Å². The summed E-state index contributed by atoms with van der Waals surface area (Å²) < 4.78 is 32.1. The summed E-state index contributed by atoms with van der Waals surface area (Å²) in [5.74, 6) is 0. The second kappa shape index (κ2) is 7.89. The summed E-state index contributed by atoms with van der Waals surface area (Å²) in [6.45, 7) is 6.81. The summed E-state index contributed by atoms with van der Waals surface area (Å²) in [5, 5.41) is 0. The number of likely N-dealkylation sites (N-methyl/N-ethyl adjacent to an activating group) is 1. The average molecular weight is 314 g/mol. The van der Waals surface area contributed by atoms with E-state index in [2.05, 4.69) is 0 Å². The molecule has 5 nitrogen and oxygen atoms in total. The highest BCUT2D eigenvalue weighted by atomic mass is 32.2. The quantitative estimate of drug-likeness (QED) is 0.793. The van der Waals surface area contributed by atoms with Gasteiger partial charge in [-0.3, -0.25) is 0 Å². The highest BCUT2D eigenvalue weighted by Crippen LogP contribution is 2.22. The lowest BCUT2D eigenvalue weighted by Gasteiger charge is -2.27. The van der Waals surface area contributed by atoms with E-state index in [4.69, 9.17) is 10.5 Å². The van der Waals surface area contributed by atoms with Gasteiger partial charge in [0.05, 0.1) is 11.5 Å². The van der Waals surface area contributed by atoms with Crippen LogP contribution in [0.15, 0.2) is 23.1 Å². The van der Waals surface area contributed by atoms with Crippen LogP contribution in [0.3, 0.4) is 0 Å². The van der Waals surface area contributed by atoms with E-state index in [1.807, 2.05) is 26.8 Å². The van der Waals surface area contributed by atoms with Crippen molar-refractivity contribution in [1.29, 1.82) is 0 Å². The Balaban J connectivity index is 3.22. The van der Waals surface area contributed by atoms with Gasteiger partial charge >= 0.3 is 0 Å². The Labute approximate surface area is 128 Å². The summed E-state index contributed by atoms with van der Waals surface area (Å²) >= 11 is 0. The Morgan fingerprint density at radius 1 is 1.29 bits per heavy atom. The molecule has 0 saturated carbocycles. The summed E-state index contributed by atoms with van der Waals surface area (Å²) in [6, 6.07) is 4.99. The number of benzene rings is 1. The Kier molecular flexibility index (Phi) is 6.80. The van der Waals surface area contributed by atoms with Gasteiger partial charge in [-0.15, -0.1) is 0 Å². The number of aryl methyl sites for hydroxylation is 1. The molecule has 0 spiro atoms. The van der Waals surface area contributed by atoms with Crippen molar-refractivity contribution in [1.82, 2.24) is 4.31 Å². The molecule has 21 heavy (non-hydrogen) atoms. The third-order valence-electron chi connectivity index (χ3n) is 3.60. The summed E-state index contributed by atoms with van der Waals surface area (Å²) in [6.07, 6.45) is 0.838. The van der Waals surface area contributed by atoms with Crippen molar-refractivity contribution in [2.24, 2.45) is 5.73 Å². The largest absolute Gasteiger partial charge is 0.383 e. The Hall–Kier alpha value is -0.950. The second-order valence-corrected chi connectivity index (χ2v) is 6.89. The minimum absolute atomic E-state index is 0.211. The minimum atomic E-state index is -3.53. The first-order chi connectivity index (χ1) is 9.92. The summed E-state index contributed by atoms with van der Waals surface area (Å²) in [7, 11) is -1.96. The molecule has 1 rings (SSSR count). The number of hydrogen-bond acceptors (Lipinski definition) is 4. The van der Waals surface area contributed by atoms with Crippen molar-refractivity contribution in [3.05, 3.63) is 29.3 Å². The molecule has 0 aliphatic rings. The molecular weight excluding hydrogens is 288 g/mol. The fourth-order valence-electron chi connectivity index (χ4n) is 2.48. The van der Waals surface area contributed by atoms with E-state index in [0.29, 0.717) is 24.6 Å². The molecule has 0 radical (unpaired) electrons. The number of nitrogens with zero attached hydrogens (tertiary/aromatic N) is 1. The van der Waals surface area contributed by atoms with Crippen molar-refractivity contribution in [2.75, 3.05) is 20.3 Å². The van der Waals surface area contributed by atoms with Crippen LogP contribution in [0.2, 0.25) is 0 Å². The van der Waals surface area contributed by atoms with Gasteiger partial charge in [0.25, 0.3) is 0 Å². The first-order valence-corrected chi connectivity index (χ1v) is 8.68. The number of nitrogens with two attached hydrogens (primary N) is 1. The molecule has 0 aromatic heterocycles. The van der Waals surface area contributed by atoms with E-state index < -0.39 is 10.0 Å². The van der Waals surface area contributed by atoms with Crippen LogP contribution in [0.5, 0.6) is 0 Å². The molecule has 2 N–H and O–H groups in total. The van der Waals surface area contributed by atoms with Gasteiger partial charge in [0.2, 0.25) is 10.0 Å². The Morgan fingerprint density at radius 3 is 2.43 bits per heavy atom. The molecule has 0 heterocycles. The maximum absolute atomic E-state index is 12.8. The smallest absolute Gasteiger partial charge is 0.243 e. The molecular formula is C15H26N2O3S. The van der Waals surface area contributed by atoms with E-state index in [9.17, 15) is 8.42 Å². The van der Waals surface area contributed by atoms with Gasteiger partial charge in [-0.05, 0) is 36.6 Å². The molecule has 0 aliphatic heterocycles. The monoisotopic (exact) mass is 314 g/mol. The number of methoxy groups -OCH3 is 1. The predicted molar refractivity (Wildman–Crippen MR) is 84.6 cm³/mol. The highest BCUT2D eigenvalue weighted by Gasteiger charge is 2.28. The van der Waals surface area contributed by atoms with Crippen LogP contribution in [0.1, 0.15) is 31.9 Å². The van der Waals surface area contributed by atoms with Crippen molar-refractivity contribution >= 4 is 10.0 Å². The number of ether oxygens (including phenoxy) is 1. The maximum atomic E-state index is 12.8. The van der Waals surface area contributed by atoms with E-state index in [-0.39, 0.29) is 6.04 Å². The zero-order valence-electron chi connectivity index (χ0n) is 13.3. The van der Waals surface area contributed by atoms with Crippen LogP contribution < -0.4 is 5.73 Å². The first-order valence-electron chi connectivity index (χ1n) is 7.24. The molecule has 1 atom stereocenters. The Bertz CT molecular complexity index is 558. The minimum Gasteiger partial charge on any atom is -0.383 e. The third kappa shape index (κ3) is 4.03. The molecule has 120 valence electrons. The SMILES string of the molecule is CCc1ccc(S(=O)(=O)N(CC)C(C)COC)cc1CN. The van der Waals surface area contributed by atoms with Gasteiger partial charge in [-0.25, -0.2) is 8.42 Å². The third-order valence-corrected chi connectivity index (χ3v) is 5.68. The molecule has 0 aliphatic carbocycles. The van der Waals surface area contributed by atoms with Crippen LogP contribution in [-0.2, 0) is 27.7 Å². The predicted octanol–water partition coefficient (Wildman–Crippen LogP) is 1.75. The maximum Gasteiger partial charge on any atom is 0.243 e. The number of hydrogen-bond donors (Lipinski definition) is 1. The molecule has 0 fully saturated rings. The molecule has 0 bridgehead atoms. The van der Waals surface area contributed by atoms with Crippen LogP contribution in [0.4, 0.5) is 0 Å². The summed E-state index contributed by atoms with van der Waals surface area (Å²) in [4.78, 5) is 0.296. The topological polar surface area (TPSA) is 72.6 Å². The highest BCUT2D eigenvalue weighted by molar-refractivity contribution is 7.89. The lowest BCUT2D eigenvalue weighted by atomic mass is 10.1. The molecule has 0 amide bonds. The van der Waals surface area contributed by atoms with Crippen LogP contribution in [0.25, 0.3) is 0 Å². The zero-order chi connectivity index (χ0) is 16.0. The second-order valence-electron chi connectivity index (χ2n) is 5.00. The van der Waals surface area contributed by atoms with E-state index >= 15 is 0 Å². The van der Waals surface area contributed by atoms with Crippen molar-refractivity contribution in [2.45, 2.75) is 44.7 Å². The van der Waals surface area contributed by atoms with Gasteiger partial charge in [-0.1, -0.05) is 19.9 Å².